The number of nitrogens with one attached hydrogen (secondary N) is 9. The van der Waals surface area contributed by atoms with Crippen molar-refractivity contribution in [2.75, 3.05) is 27.2 Å². The molecule has 31 heteroatoms. The number of carbonyl (C=O) groups is 8. The van der Waals surface area contributed by atoms with Crippen LogP contribution in [-0.2, 0) is 51.3 Å². The number of carbonyl (C=O) groups excluding carboxylic acids is 8. The quantitative estimate of drug-likeness (QED) is 0.0601. The van der Waals surface area contributed by atoms with E-state index in [0.29, 0.717) is 30.7 Å². The lowest BCUT2D eigenvalue weighted by atomic mass is 9.53. The van der Waals surface area contributed by atoms with E-state index in [4.69, 9.17) is 42.1 Å². The highest BCUT2D eigenvalue weighted by Gasteiger charge is 2.51. The van der Waals surface area contributed by atoms with Gasteiger partial charge in [0.15, 0.2) is 23.0 Å². The number of aliphatic hydroxyl groups is 1. The first-order valence-corrected chi connectivity index (χ1v) is 36.8. The maximum atomic E-state index is 16.3. The van der Waals surface area contributed by atoms with Crippen LogP contribution in [0.2, 0.25) is 10.0 Å². The van der Waals surface area contributed by atoms with E-state index in [1.165, 1.54) is 72.8 Å². The minimum absolute atomic E-state index is 0.000804. The van der Waals surface area contributed by atoms with Crippen LogP contribution in [0.25, 0.3) is 11.1 Å². The molecule has 8 amide bonds. The van der Waals surface area contributed by atoms with Crippen molar-refractivity contribution in [1.82, 2.24) is 52.8 Å². The third-order valence-electron chi connectivity index (χ3n) is 21.1. The number of amides is 8. The van der Waals surface area contributed by atoms with Gasteiger partial charge in [0.1, 0.15) is 94.2 Å². The number of nitrogens with zero attached hydrogens (tertiary/aromatic N) is 1. The van der Waals surface area contributed by atoms with Crippen LogP contribution in [0, 0.1) is 17.8 Å². The molecule has 7 aromatic rings. The van der Waals surface area contributed by atoms with Crippen molar-refractivity contribution >= 4 is 70.6 Å². The molecule has 4 aliphatic carbocycles. The third kappa shape index (κ3) is 15.7. The number of fused-ring (bicyclic) bond motifs is 14. The molecule has 7 aromatic carbocycles. The van der Waals surface area contributed by atoms with Crippen LogP contribution >= 0.6 is 23.2 Å². The first-order chi connectivity index (χ1) is 52.3. The average molecular weight is 1550 g/mol. The molecule has 4 fully saturated rings. The zero-order valence-corrected chi connectivity index (χ0v) is 61.8. The number of aliphatic hydroxyl groups excluding tert-OH is 1. The number of halogens is 2. The number of hydrogen-bond acceptors (Lipinski definition) is 21. The molecule has 4 saturated carbocycles. The van der Waals surface area contributed by atoms with Gasteiger partial charge in [-0.05, 0) is 222 Å². The lowest BCUT2D eigenvalue weighted by Crippen LogP contribution is -2.58. The van der Waals surface area contributed by atoms with Crippen LogP contribution in [-0.4, -0.2) is 138 Å². The van der Waals surface area contributed by atoms with Crippen LogP contribution in [0.1, 0.15) is 147 Å². The second kappa shape index (κ2) is 30.0. The molecule has 8 atom stereocenters. The van der Waals surface area contributed by atoms with E-state index in [-0.39, 0.29) is 107 Å². The van der Waals surface area contributed by atoms with Gasteiger partial charge >= 0.3 is 6.09 Å². The van der Waals surface area contributed by atoms with Crippen molar-refractivity contribution < 1.29 is 93.0 Å². The summed E-state index contributed by atoms with van der Waals surface area (Å²) in [7, 11) is 3.67. The van der Waals surface area contributed by atoms with Crippen LogP contribution in [0.4, 0.5) is 4.79 Å². The minimum atomic E-state index is -2.21. The SMILES string of the molecule is CN(C)CCCNC(=O)[C@H]1NC(=O)[C@H]2NC(=O)[C@@H](NC(=O)[C@H]3NC(=O)[C@H]4NC(=O)[C@H](Cc5ccc(c(Cl)c5)Oc5cc3cc(c5O)Oc3ccc(cc3Cl)C2O)NC(=O)[C@H](NC(=O)OC(C)(C)C)c2ccc(O)c(c2)Oc2cc(O)cc4c2)c2ccc(O)c(c2)-c2c1cc(O)c(CNC13CC4CC(CC(C4)C1)C3)c2O. The van der Waals surface area contributed by atoms with E-state index in [1.54, 1.807) is 20.8 Å². The van der Waals surface area contributed by atoms with Gasteiger partial charge in [-0.1, -0.05) is 47.5 Å². The molecular formula is C79H82Cl2N10O19. The van der Waals surface area contributed by atoms with E-state index >= 15 is 28.8 Å². The summed E-state index contributed by atoms with van der Waals surface area (Å²) >= 11 is 14.1. The maximum Gasteiger partial charge on any atom is 0.408 e. The Hall–Kier alpha value is -11.2. The van der Waals surface area contributed by atoms with Gasteiger partial charge in [0.2, 0.25) is 47.1 Å². The van der Waals surface area contributed by atoms with Gasteiger partial charge in [-0.15, -0.1) is 0 Å². The molecule has 110 heavy (non-hydrogen) atoms. The molecule has 0 saturated heterocycles. The van der Waals surface area contributed by atoms with E-state index in [2.05, 4.69) is 47.9 Å². The topological polar surface area (TPSA) is 427 Å². The first kappa shape index (κ1) is 75.6. The molecule has 1 unspecified atom stereocenters. The van der Waals surface area contributed by atoms with E-state index in [9.17, 15) is 45.3 Å². The first-order valence-electron chi connectivity index (χ1n) is 36.0. The Labute approximate surface area is 640 Å². The predicted octanol–water partition coefficient (Wildman–Crippen LogP) is 8.59. The second-order valence-electron chi connectivity index (χ2n) is 30.6. The van der Waals surface area contributed by atoms with Crippen LogP contribution in [0.15, 0.2) is 109 Å². The monoisotopic (exact) mass is 1540 g/mol. The summed E-state index contributed by atoms with van der Waals surface area (Å²) in [4.78, 5) is 125. The summed E-state index contributed by atoms with van der Waals surface area (Å²) in [6.45, 7) is 5.21. The van der Waals surface area contributed by atoms with E-state index in [1.807, 2.05) is 19.0 Å². The number of benzene rings is 7. The molecule has 576 valence electrons. The van der Waals surface area contributed by atoms with Gasteiger partial charge in [-0.3, -0.25) is 33.6 Å². The Bertz CT molecular complexity index is 4900. The van der Waals surface area contributed by atoms with Crippen molar-refractivity contribution in [2.24, 2.45) is 17.8 Å². The fourth-order valence-corrected chi connectivity index (χ4v) is 16.8. The van der Waals surface area contributed by atoms with Gasteiger partial charge in [0.25, 0.3) is 0 Å². The van der Waals surface area contributed by atoms with Gasteiger partial charge in [0, 0.05) is 42.2 Å². The van der Waals surface area contributed by atoms with Gasteiger partial charge in [-0.25, -0.2) is 4.79 Å². The number of alkyl carbamates (subject to hydrolysis) is 1. The third-order valence-corrected chi connectivity index (χ3v) is 21.7. The molecule has 6 aliphatic heterocycles. The Morgan fingerprint density at radius 3 is 1.82 bits per heavy atom. The minimum Gasteiger partial charge on any atom is -0.508 e. The summed E-state index contributed by atoms with van der Waals surface area (Å²) in [6, 6.07) is 8.06. The average Bonchev–Trinajstić information content (AvgIpc) is 0.749. The molecule has 10 aliphatic rings. The van der Waals surface area contributed by atoms with Crippen LogP contribution < -0.4 is 62.1 Å². The molecule has 16 N–H and O–H groups in total. The summed E-state index contributed by atoms with van der Waals surface area (Å²) in [6.07, 6.45) is 2.75. The smallest absolute Gasteiger partial charge is 0.408 e. The highest BCUT2D eigenvalue weighted by molar-refractivity contribution is 6.32. The maximum absolute atomic E-state index is 16.3. The second-order valence-corrected chi connectivity index (χ2v) is 31.4. The summed E-state index contributed by atoms with van der Waals surface area (Å²) < 4.78 is 24.4. The van der Waals surface area contributed by atoms with Gasteiger partial charge < -0.3 is 107 Å². The lowest BCUT2D eigenvalue weighted by molar-refractivity contribution is -0.137. The van der Waals surface area contributed by atoms with Crippen molar-refractivity contribution in [2.45, 2.75) is 138 Å². The van der Waals surface area contributed by atoms with Crippen molar-refractivity contribution in [1.29, 1.82) is 0 Å². The molecular weight excluding hydrogens is 1460 g/mol. The number of phenols is 6. The molecule has 0 radical (unpaired) electrons. The fraction of sp³-hybridized carbons (Fsp3) is 0.367. The highest BCUT2D eigenvalue weighted by atomic mass is 35.5. The molecule has 6 heterocycles. The largest absolute Gasteiger partial charge is 0.508 e. The number of rotatable bonds is 9. The van der Waals surface area contributed by atoms with E-state index in [0.717, 1.165) is 74.9 Å². The molecule has 0 aromatic heterocycles. The molecule has 17 rings (SSSR count). The summed E-state index contributed by atoms with van der Waals surface area (Å²) in [5, 5.41) is 110. The Kier molecular flexibility index (Phi) is 20.6. The number of aromatic hydroxyl groups is 6. The Morgan fingerprint density at radius 1 is 0.582 bits per heavy atom. The van der Waals surface area contributed by atoms with Gasteiger partial charge in [-0.2, -0.15) is 0 Å². The Balaban J connectivity index is 0.940. The fourth-order valence-electron chi connectivity index (χ4n) is 16.3. The van der Waals surface area contributed by atoms with Crippen LogP contribution in [0.3, 0.4) is 0 Å². The number of ether oxygens (including phenoxy) is 4. The van der Waals surface area contributed by atoms with Crippen molar-refractivity contribution in [3.05, 3.63) is 164 Å². The van der Waals surface area contributed by atoms with Crippen molar-refractivity contribution in [3.63, 3.8) is 0 Å². The number of phenolic OH excluding ortho intramolecular Hbond substituents is 6. The summed E-state index contributed by atoms with van der Waals surface area (Å²) in [5.41, 5.74) is -3.02. The molecule has 0 spiro atoms. The van der Waals surface area contributed by atoms with Crippen molar-refractivity contribution in [3.8, 4) is 80.1 Å². The Morgan fingerprint density at radius 2 is 1.17 bits per heavy atom. The number of hydrogen-bond donors (Lipinski definition) is 16. The zero-order valence-electron chi connectivity index (χ0n) is 60.3. The lowest BCUT2D eigenvalue weighted by Gasteiger charge is -2.57. The van der Waals surface area contributed by atoms with E-state index < -0.39 is 154 Å². The standard InChI is InChI=1S/C79H82Cl2N10O19/c1-78(2,3)110-77(106)90-62-40-9-12-53(94)57(26-40)107-45-23-42(22-44(92)29-45)63-74(103)87-64-43-27-58(108-55-13-7-35(20-49(55)80)21-51(70(99)85-63)84-72(62)101)69(98)59(28-43)109-56-14-10-41(25-50(56)81)67(96)66-76(105)88-65(71(100)82-15-6-16-91(4)5)47-30-54(95)48(34-83-79-31-36-17-37(32-79)19-38(18-36)33-79)68(97)60(47)46-24-39(8-11-52(46)93)61(73(102)89-66)86-75(64)104/h7-14,20,22-30,36-38,51,61-67,83,92-98H,6,15-19,21,31-34H2,1-5H3,(H,82,100)(H,84,101)(H,85,99)(H,86,104)(H,87,103)(H,88,105)(H,89,102)(H,90,106)/t36?,37?,38?,51-,61-,62+,63-,64-,65-,66-,67?,79?/m0/s1. The normalized spacial score (nSPS) is 24.8. The van der Waals surface area contributed by atoms with Crippen LogP contribution in [0.5, 0.6) is 69.0 Å². The van der Waals surface area contributed by atoms with Gasteiger partial charge in [0.05, 0.1) is 15.6 Å². The molecule has 21 bridgehead atoms. The molecule has 29 nitrogen and oxygen atoms in total. The summed E-state index contributed by atoms with van der Waals surface area (Å²) in [5.74, 6) is -12.3. The predicted molar refractivity (Wildman–Crippen MR) is 396 cm³/mol. The highest BCUT2D eigenvalue weighted by Crippen LogP contribution is 2.57. The zero-order chi connectivity index (χ0) is 78.1.